The van der Waals surface area contributed by atoms with Gasteiger partial charge < -0.3 is 10.5 Å². The maximum atomic E-state index is 14.3. The smallest absolute Gasteiger partial charge is 0.270 e. The van der Waals surface area contributed by atoms with Gasteiger partial charge in [0.1, 0.15) is 6.04 Å². The third kappa shape index (κ3) is 2.86. The minimum absolute atomic E-state index is 0.0994. The fourth-order valence-electron chi connectivity index (χ4n) is 3.20. The third-order valence-electron chi connectivity index (χ3n) is 4.41. The highest BCUT2D eigenvalue weighted by molar-refractivity contribution is 6.32. The first kappa shape index (κ1) is 15.0. The molecule has 0 aromatic carbocycles. The van der Waals surface area contributed by atoms with Gasteiger partial charge in [0, 0.05) is 25.6 Å². The Balaban J connectivity index is 1.80. The molecule has 21 heavy (non-hydrogen) atoms. The molecule has 3 rings (SSSR count). The fourth-order valence-corrected chi connectivity index (χ4v) is 3.41. The van der Waals surface area contributed by atoms with Gasteiger partial charge in [-0.15, -0.1) is 0 Å². The van der Waals surface area contributed by atoms with Gasteiger partial charge in [-0.1, -0.05) is 11.6 Å². The van der Waals surface area contributed by atoms with E-state index < -0.39 is 12.0 Å². The van der Waals surface area contributed by atoms with Crippen molar-refractivity contribution in [2.45, 2.75) is 37.3 Å². The van der Waals surface area contributed by atoms with E-state index in [2.05, 4.69) is 10.00 Å². The molecule has 1 aromatic rings. The van der Waals surface area contributed by atoms with Crippen molar-refractivity contribution in [2.75, 3.05) is 32.0 Å². The van der Waals surface area contributed by atoms with Crippen molar-refractivity contribution in [2.24, 2.45) is 0 Å². The second kappa shape index (κ2) is 5.70. The molecule has 1 saturated carbocycles. The molecule has 0 unspecified atom stereocenters. The fraction of sp³-hybridized carbons (Fsp3) is 0.769. The molecule has 2 atom stereocenters. The van der Waals surface area contributed by atoms with E-state index in [1.54, 1.807) is 0 Å². The number of anilines is 1. The van der Waals surface area contributed by atoms with Crippen LogP contribution in [0.25, 0.3) is 0 Å². The van der Waals surface area contributed by atoms with E-state index >= 15 is 0 Å². The van der Waals surface area contributed by atoms with Gasteiger partial charge in [-0.25, -0.2) is 13.5 Å². The van der Waals surface area contributed by atoms with Crippen molar-refractivity contribution >= 4 is 17.3 Å². The Bertz CT molecular complexity index is 504. The molecule has 1 aromatic heterocycles. The summed E-state index contributed by atoms with van der Waals surface area (Å²) in [5.41, 5.74) is 5.86. The maximum absolute atomic E-state index is 14.3. The molecular weight excluding hydrogens is 302 g/mol. The van der Waals surface area contributed by atoms with Gasteiger partial charge in [0.25, 0.3) is 5.92 Å². The molecule has 0 amide bonds. The largest absolute Gasteiger partial charge is 0.395 e. The lowest BCUT2D eigenvalue weighted by Crippen LogP contribution is -2.49. The Morgan fingerprint density at radius 1 is 1.38 bits per heavy atom. The molecule has 118 valence electrons. The summed E-state index contributed by atoms with van der Waals surface area (Å²) in [6.45, 7) is 2.90. The van der Waals surface area contributed by atoms with Gasteiger partial charge in [-0.2, -0.15) is 5.10 Å². The van der Waals surface area contributed by atoms with E-state index in [4.69, 9.17) is 22.1 Å². The summed E-state index contributed by atoms with van der Waals surface area (Å²) >= 11 is 6.01. The first-order valence-corrected chi connectivity index (χ1v) is 7.55. The summed E-state index contributed by atoms with van der Waals surface area (Å²) in [6.07, 6.45) is 1.98. The van der Waals surface area contributed by atoms with Crippen molar-refractivity contribution in [1.82, 2.24) is 14.7 Å². The molecular formula is C13H19ClF2N4O. The number of nitrogens with two attached hydrogens (primary N) is 1. The normalized spacial score (nSPS) is 30.4. The molecule has 2 aliphatic rings. The van der Waals surface area contributed by atoms with E-state index in [9.17, 15) is 8.78 Å². The van der Waals surface area contributed by atoms with Crippen molar-refractivity contribution in [3.05, 3.63) is 11.3 Å². The number of hydrogen-bond acceptors (Lipinski definition) is 4. The first-order chi connectivity index (χ1) is 9.99. The summed E-state index contributed by atoms with van der Waals surface area (Å²) in [5, 5.41) is 4.05. The van der Waals surface area contributed by atoms with Gasteiger partial charge in [-0.05, 0) is 12.8 Å². The average molecular weight is 321 g/mol. The van der Waals surface area contributed by atoms with Crippen LogP contribution < -0.4 is 5.73 Å². The van der Waals surface area contributed by atoms with Crippen molar-refractivity contribution < 1.29 is 13.5 Å². The first-order valence-electron chi connectivity index (χ1n) is 7.17. The zero-order chi connectivity index (χ0) is 15.0. The van der Waals surface area contributed by atoms with Crippen LogP contribution in [0.1, 0.15) is 25.3 Å². The van der Waals surface area contributed by atoms with E-state index in [1.165, 1.54) is 10.9 Å². The van der Waals surface area contributed by atoms with Gasteiger partial charge >= 0.3 is 0 Å². The molecule has 5 nitrogen and oxygen atoms in total. The van der Waals surface area contributed by atoms with E-state index in [0.29, 0.717) is 26.1 Å². The average Bonchev–Trinajstić information content (AvgIpc) is 2.80. The Kier molecular flexibility index (Phi) is 4.07. The van der Waals surface area contributed by atoms with Crippen LogP contribution in [-0.4, -0.2) is 52.9 Å². The third-order valence-corrected chi connectivity index (χ3v) is 4.80. The highest BCUT2D eigenvalue weighted by Gasteiger charge is 2.48. The van der Waals surface area contributed by atoms with Crippen molar-refractivity contribution in [3.63, 3.8) is 0 Å². The zero-order valence-corrected chi connectivity index (χ0v) is 12.4. The van der Waals surface area contributed by atoms with Crippen LogP contribution in [0.3, 0.4) is 0 Å². The topological polar surface area (TPSA) is 56.3 Å². The predicted molar refractivity (Wildman–Crippen MR) is 75.7 cm³/mol. The van der Waals surface area contributed by atoms with Crippen LogP contribution in [0.15, 0.2) is 6.20 Å². The summed E-state index contributed by atoms with van der Waals surface area (Å²) < 4.78 is 35.1. The minimum atomic E-state index is -2.81. The van der Waals surface area contributed by atoms with Gasteiger partial charge in [0.05, 0.1) is 25.1 Å². The number of halogens is 3. The summed E-state index contributed by atoms with van der Waals surface area (Å²) in [6, 6.07) is -0.927. The molecule has 1 aliphatic carbocycles. The number of morpholine rings is 1. The standard InChI is InChI=1S/C13H19ClF2N4O/c14-12-10(17)8-18-20(12)11-7-9(1-2-13(11,15)16)19-3-5-21-6-4-19/h8-9,11H,1-7,17H2/t9-,11+/m1/s1. The second-order valence-electron chi connectivity index (χ2n) is 5.69. The zero-order valence-electron chi connectivity index (χ0n) is 11.6. The number of nitrogen functional groups attached to an aromatic ring is 1. The summed E-state index contributed by atoms with van der Waals surface area (Å²) in [4.78, 5) is 2.23. The molecule has 1 aliphatic heterocycles. The van der Waals surface area contributed by atoms with Crippen molar-refractivity contribution in [1.29, 1.82) is 0 Å². The predicted octanol–water partition coefficient (Wildman–Crippen LogP) is 2.18. The Labute approximate surface area is 127 Å². The maximum Gasteiger partial charge on any atom is 0.270 e. The van der Waals surface area contributed by atoms with E-state index in [1.807, 2.05) is 0 Å². The molecule has 0 bridgehead atoms. The van der Waals surface area contributed by atoms with Gasteiger partial charge in [0.2, 0.25) is 0 Å². The van der Waals surface area contributed by atoms with Crippen molar-refractivity contribution in [3.8, 4) is 0 Å². The molecule has 2 fully saturated rings. The van der Waals surface area contributed by atoms with E-state index in [-0.39, 0.29) is 23.3 Å². The minimum Gasteiger partial charge on any atom is -0.395 e. The molecule has 0 radical (unpaired) electrons. The van der Waals surface area contributed by atoms with Gasteiger partial charge in [-0.3, -0.25) is 4.90 Å². The molecule has 2 N–H and O–H groups in total. The highest BCUT2D eigenvalue weighted by Crippen LogP contribution is 2.44. The number of nitrogens with zero attached hydrogens (tertiary/aromatic N) is 3. The molecule has 0 spiro atoms. The monoisotopic (exact) mass is 320 g/mol. The van der Waals surface area contributed by atoms with Crippen LogP contribution in [0.4, 0.5) is 14.5 Å². The van der Waals surface area contributed by atoms with Crippen LogP contribution >= 0.6 is 11.6 Å². The quantitative estimate of drug-likeness (QED) is 0.907. The van der Waals surface area contributed by atoms with Crippen LogP contribution in [-0.2, 0) is 4.74 Å². The molecule has 2 heterocycles. The van der Waals surface area contributed by atoms with Crippen LogP contribution in [0.5, 0.6) is 0 Å². The van der Waals surface area contributed by atoms with Crippen LogP contribution in [0, 0.1) is 0 Å². The van der Waals surface area contributed by atoms with Gasteiger partial charge in [0.15, 0.2) is 5.15 Å². The number of alkyl halides is 2. The summed E-state index contributed by atoms with van der Waals surface area (Å²) in [5.74, 6) is -2.81. The highest BCUT2D eigenvalue weighted by atomic mass is 35.5. The SMILES string of the molecule is Nc1cnn([C@H]2C[C@H](N3CCOCC3)CCC2(F)F)c1Cl. The number of ether oxygens (including phenoxy) is 1. The Morgan fingerprint density at radius 3 is 2.71 bits per heavy atom. The summed E-state index contributed by atoms with van der Waals surface area (Å²) in [7, 11) is 0. The Morgan fingerprint density at radius 2 is 2.10 bits per heavy atom. The lowest BCUT2D eigenvalue weighted by atomic mass is 9.86. The Hall–Kier alpha value is -0.920. The molecule has 1 saturated heterocycles. The lowest BCUT2D eigenvalue weighted by Gasteiger charge is -2.42. The van der Waals surface area contributed by atoms with E-state index in [0.717, 1.165) is 13.1 Å². The van der Waals surface area contributed by atoms with Crippen LogP contribution in [0.2, 0.25) is 5.15 Å². The molecule has 8 heteroatoms. The lowest BCUT2D eigenvalue weighted by molar-refractivity contribution is -0.106. The number of hydrogen-bond donors (Lipinski definition) is 1. The number of rotatable bonds is 2. The number of aromatic nitrogens is 2. The second-order valence-corrected chi connectivity index (χ2v) is 6.05.